The highest BCUT2D eigenvalue weighted by Gasteiger charge is 2.01. The van der Waals surface area contributed by atoms with Crippen molar-refractivity contribution in [2.75, 3.05) is 26.2 Å². The van der Waals surface area contributed by atoms with Gasteiger partial charge in [0.05, 0.1) is 0 Å². The molecule has 0 spiro atoms. The molecule has 0 saturated carbocycles. The third-order valence-electron chi connectivity index (χ3n) is 2.41. The van der Waals surface area contributed by atoms with Crippen LogP contribution >= 0.6 is 12.4 Å². The Labute approximate surface area is 121 Å². The van der Waals surface area contributed by atoms with Gasteiger partial charge >= 0.3 is 0 Å². The SMILES string of the molecule is CCCNCCNC(=O)COc1cccc(C)c1.Cl. The minimum Gasteiger partial charge on any atom is -0.484 e. The van der Waals surface area contributed by atoms with Crippen LogP contribution in [0.5, 0.6) is 5.75 Å². The topological polar surface area (TPSA) is 50.4 Å². The molecule has 1 rings (SSSR count). The fraction of sp³-hybridized carbons (Fsp3) is 0.500. The molecule has 19 heavy (non-hydrogen) atoms. The van der Waals surface area contributed by atoms with E-state index in [1.165, 1.54) is 0 Å². The molecule has 1 amide bonds. The Bertz CT molecular complexity index is 372. The molecule has 4 nitrogen and oxygen atoms in total. The first-order chi connectivity index (χ1) is 8.72. The molecule has 2 N–H and O–H groups in total. The second-order valence-corrected chi connectivity index (χ2v) is 4.21. The van der Waals surface area contributed by atoms with Crippen LogP contribution in [-0.4, -0.2) is 32.1 Å². The minimum absolute atomic E-state index is 0. The molecular weight excluding hydrogens is 264 g/mol. The molecule has 0 aliphatic rings. The fourth-order valence-corrected chi connectivity index (χ4v) is 1.50. The second-order valence-electron chi connectivity index (χ2n) is 4.21. The lowest BCUT2D eigenvalue weighted by molar-refractivity contribution is -0.123. The van der Waals surface area contributed by atoms with E-state index in [0.29, 0.717) is 6.54 Å². The Morgan fingerprint density at radius 2 is 2.05 bits per heavy atom. The van der Waals surface area contributed by atoms with Crippen LogP contribution in [0.2, 0.25) is 0 Å². The maximum absolute atomic E-state index is 11.5. The summed E-state index contributed by atoms with van der Waals surface area (Å²) in [5, 5.41) is 6.02. The normalized spacial score (nSPS) is 9.58. The standard InChI is InChI=1S/C14H22N2O2.ClH/c1-3-7-15-8-9-16-14(17)11-18-13-6-4-5-12(2)10-13;/h4-6,10,15H,3,7-9,11H2,1-2H3,(H,16,17);1H. The highest BCUT2D eigenvalue weighted by molar-refractivity contribution is 5.85. The number of carbonyl (C=O) groups is 1. The molecule has 0 unspecified atom stereocenters. The van der Waals surface area contributed by atoms with Crippen LogP contribution < -0.4 is 15.4 Å². The van der Waals surface area contributed by atoms with Crippen molar-refractivity contribution in [3.63, 3.8) is 0 Å². The molecule has 0 heterocycles. The number of benzene rings is 1. The van der Waals surface area contributed by atoms with Crippen molar-refractivity contribution < 1.29 is 9.53 Å². The van der Waals surface area contributed by atoms with E-state index in [1.54, 1.807) is 0 Å². The van der Waals surface area contributed by atoms with Crippen LogP contribution in [-0.2, 0) is 4.79 Å². The zero-order valence-electron chi connectivity index (χ0n) is 11.6. The van der Waals surface area contributed by atoms with Gasteiger partial charge in [0, 0.05) is 13.1 Å². The van der Waals surface area contributed by atoms with E-state index < -0.39 is 0 Å². The molecule has 0 radical (unpaired) electrons. The molecule has 5 heteroatoms. The summed E-state index contributed by atoms with van der Waals surface area (Å²) >= 11 is 0. The van der Waals surface area contributed by atoms with E-state index in [0.717, 1.165) is 30.8 Å². The van der Waals surface area contributed by atoms with Crippen LogP contribution in [0, 0.1) is 6.92 Å². The molecule has 0 bridgehead atoms. The number of ether oxygens (including phenoxy) is 1. The van der Waals surface area contributed by atoms with Gasteiger partial charge in [-0.3, -0.25) is 4.79 Å². The Morgan fingerprint density at radius 1 is 1.26 bits per heavy atom. The lowest BCUT2D eigenvalue weighted by atomic mass is 10.2. The van der Waals surface area contributed by atoms with Gasteiger partial charge in [-0.15, -0.1) is 12.4 Å². The van der Waals surface area contributed by atoms with Crippen LogP contribution in [0.25, 0.3) is 0 Å². The number of rotatable bonds is 8. The van der Waals surface area contributed by atoms with Gasteiger partial charge in [-0.25, -0.2) is 0 Å². The predicted octanol–water partition coefficient (Wildman–Crippen LogP) is 1.91. The number of nitrogens with one attached hydrogen (secondary N) is 2. The summed E-state index contributed by atoms with van der Waals surface area (Å²) in [5.41, 5.74) is 1.12. The maximum Gasteiger partial charge on any atom is 0.257 e. The monoisotopic (exact) mass is 286 g/mol. The molecule has 1 aromatic carbocycles. The van der Waals surface area contributed by atoms with Crippen LogP contribution in [0.15, 0.2) is 24.3 Å². The summed E-state index contributed by atoms with van der Waals surface area (Å²) < 4.78 is 5.39. The first kappa shape index (κ1) is 17.7. The van der Waals surface area contributed by atoms with Gasteiger partial charge < -0.3 is 15.4 Å². The number of hydrogen-bond acceptors (Lipinski definition) is 3. The Morgan fingerprint density at radius 3 is 2.74 bits per heavy atom. The number of hydrogen-bond donors (Lipinski definition) is 2. The van der Waals surface area contributed by atoms with Gasteiger partial charge in [0.2, 0.25) is 0 Å². The van der Waals surface area contributed by atoms with Crippen molar-refractivity contribution in [1.82, 2.24) is 10.6 Å². The molecule has 1 aromatic rings. The minimum atomic E-state index is -0.0881. The average molecular weight is 287 g/mol. The van der Waals surface area contributed by atoms with Gasteiger partial charge in [0.25, 0.3) is 5.91 Å². The lowest BCUT2D eigenvalue weighted by Crippen LogP contribution is -2.35. The zero-order chi connectivity index (χ0) is 13.2. The quantitative estimate of drug-likeness (QED) is 0.718. The van der Waals surface area contributed by atoms with Crippen molar-refractivity contribution in [2.45, 2.75) is 20.3 Å². The zero-order valence-corrected chi connectivity index (χ0v) is 12.4. The second kappa shape index (κ2) is 10.6. The van der Waals surface area contributed by atoms with Crippen molar-refractivity contribution in [3.05, 3.63) is 29.8 Å². The van der Waals surface area contributed by atoms with E-state index in [2.05, 4.69) is 17.6 Å². The first-order valence-corrected chi connectivity index (χ1v) is 6.39. The fourth-order valence-electron chi connectivity index (χ4n) is 1.50. The van der Waals surface area contributed by atoms with Gasteiger partial charge in [-0.2, -0.15) is 0 Å². The highest BCUT2D eigenvalue weighted by Crippen LogP contribution is 2.11. The average Bonchev–Trinajstić information content (AvgIpc) is 2.36. The van der Waals surface area contributed by atoms with E-state index in [4.69, 9.17) is 4.74 Å². The third kappa shape index (κ3) is 8.46. The Hall–Kier alpha value is -1.26. The molecule has 0 fully saturated rings. The first-order valence-electron chi connectivity index (χ1n) is 6.39. The summed E-state index contributed by atoms with van der Waals surface area (Å²) in [7, 11) is 0. The summed E-state index contributed by atoms with van der Waals surface area (Å²) in [6.45, 7) is 6.58. The van der Waals surface area contributed by atoms with E-state index >= 15 is 0 Å². The number of amides is 1. The van der Waals surface area contributed by atoms with Crippen LogP contribution in [0.3, 0.4) is 0 Å². The largest absolute Gasteiger partial charge is 0.484 e. The summed E-state index contributed by atoms with van der Waals surface area (Å²) in [4.78, 5) is 11.5. The van der Waals surface area contributed by atoms with Crippen LogP contribution in [0.1, 0.15) is 18.9 Å². The summed E-state index contributed by atoms with van der Waals surface area (Å²) in [5.74, 6) is 0.643. The number of halogens is 1. The molecule has 0 aliphatic carbocycles. The van der Waals surface area contributed by atoms with E-state index in [1.807, 2.05) is 31.2 Å². The molecule has 0 atom stereocenters. The van der Waals surface area contributed by atoms with Crippen molar-refractivity contribution in [2.24, 2.45) is 0 Å². The van der Waals surface area contributed by atoms with Gasteiger partial charge in [-0.05, 0) is 37.6 Å². The van der Waals surface area contributed by atoms with Gasteiger partial charge in [0.15, 0.2) is 6.61 Å². The van der Waals surface area contributed by atoms with E-state index in [9.17, 15) is 4.79 Å². The third-order valence-corrected chi connectivity index (χ3v) is 2.41. The van der Waals surface area contributed by atoms with Crippen LogP contribution in [0.4, 0.5) is 0 Å². The Kier molecular flexibility index (Phi) is 9.94. The lowest BCUT2D eigenvalue weighted by Gasteiger charge is -2.08. The molecular formula is C14H23ClN2O2. The smallest absolute Gasteiger partial charge is 0.257 e. The number of aryl methyl sites for hydroxylation is 1. The Balaban J connectivity index is 0.00000324. The van der Waals surface area contributed by atoms with Gasteiger partial charge in [0.1, 0.15) is 5.75 Å². The summed E-state index contributed by atoms with van der Waals surface area (Å²) in [6, 6.07) is 7.67. The molecule has 0 aromatic heterocycles. The summed E-state index contributed by atoms with van der Waals surface area (Å²) in [6.07, 6.45) is 1.10. The predicted molar refractivity (Wildman–Crippen MR) is 80.1 cm³/mol. The van der Waals surface area contributed by atoms with Crippen molar-refractivity contribution >= 4 is 18.3 Å². The molecule has 0 saturated heterocycles. The van der Waals surface area contributed by atoms with Gasteiger partial charge in [-0.1, -0.05) is 19.1 Å². The maximum atomic E-state index is 11.5. The molecule has 108 valence electrons. The van der Waals surface area contributed by atoms with E-state index in [-0.39, 0.29) is 24.9 Å². The van der Waals surface area contributed by atoms with Crippen molar-refractivity contribution in [1.29, 1.82) is 0 Å². The number of carbonyl (C=O) groups excluding carboxylic acids is 1. The molecule has 0 aliphatic heterocycles. The van der Waals surface area contributed by atoms with Crippen molar-refractivity contribution in [3.8, 4) is 5.75 Å². The highest BCUT2D eigenvalue weighted by atomic mass is 35.5.